The van der Waals surface area contributed by atoms with Gasteiger partial charge in [-0.25, -0.2) is 0 Å². The van der Waals surface area contributed by atoms with Crippen LogP contribution in [0.4, 0.5) is 0 Å². The zero-order chi connectivity index (χ0) is 7.78. The summed E-state index contributed by atoms with van der Waals surface area (Å²) in [6, 6.07) is 0. The number of hydrogen-bond donors (Lipinski definition) is 0. The van der Waals surface area contributed by atoms with Crippen LogP contribution in [0.25, 0.3) is 0 Å². The molecule has 0 spiro atoms. The molecule has 0 saturated heterocycles. The first-order valence-electron chi connectivity index (χ1n) is 4.54. The molecule has 0 heteroatoms. The SMILES string of the molecule is CC1CCCC(C)(C)C1C. The van der Waals surface area contributed by atoms with Crippen molar-refractivity contribution in [2.24, 2.45) is 17.3 Å². The fourth-order valence-corrected chi connectivity index (χ4v) is 2.13. The van der Waals surface area contributed by atoms with E-state index in [1.165, 1.54) is 19.3 Å². The Morgan fingerprint density at radius 1 is 1.20 bits per heavy atom. The molecule has 2 unspecified atom stereocenters. The lowest BCUT2D eigenvalue weighted by Gasteiger charge is -2.40. The van der Waals surface area contributed by atoms with Crippen molar-refractivity contribution in [3.63, 3.8) is 0 Å². The highest BCUT2D eigenvalue weighted by atomic mass is 14.4. The number of hydrogen-bond acceptors (Lipinski definition) is 0. The van der Waals surface area contributed by atoms with Crippen LogP contribution in [0.5, 0.6) is 0 Å². The Bertz CT molecular complexity index is 113. The summed E-state index contributed by atoms with van der Waals surface area (Å²) in [5, 5.41) is 0. The molecule has 2 atom stereocenters. The van der Waals surface area contributed by atoms with Gasteiger partial charge in [0.25, 0.3) is 0 Å². The third-order valence-corrected chi connectivity index (χ3v) is 3.57. The molecule has 1 rings (SSSR count). The van der Waals surface area contributed by atoms with Crippen molar-refractivity contribution in [2.75, 3.05) is 0 Å². The topological polar surface area (TPSA) is 0 Å². The first-order valence-corrected chi connectivity index (χ1v) is 4.54. The van der Waals surface area contributed by atoms with Gasteiger partial charge in [-0.2, -0.15) is 0 Å². The monoisotopic (exact) mass is 140 g/mol. The molecule has 1 fully saturated rings. The third kappa shape index (κ3) is 1.36. The third-order valence-electron chi connectivity index (χ3n) is 3.57. The molecule has 1 saturated carbocycles. The van der Waals surface area contributed by atoms with E-state index in [-0.39, 0.29) is 0 Å². The molecule has 1 aliphatic carbocycles. The average Bonchev–Trinajstić information content (AvgIpc) is 1.83. The smallest absolute Gasteiger partial charge is 0.0326 e. The molecule has 60 valence electrons. The van der Waals surface area contributed by atoms with E-state index < -0.39 is 0 Å². The van der Waals surface area contributed by atoms with Crippen LogP contribution in [0.15, 0.2) is 0 Å². The van der Waals surface area contributed by atoms with Crippen molar-refractivity contribution in [3.05, 3.63) is 0 Å². The van der Waals surface area contributed by atoms with E-state index in [1.54, 1.807) is 0 Å². The Hall–Kier alpha value is 0. The summed E-state index contributed by atoms with van der Waals surface area (Å²) in [5.41, 5.74) is 0.609. The summed E-state index contributed by atoms with van der Waals surface area (Å²) < 4.78 is 0. The lowest BCUT2D eigenvalue weighted by molar-refractivity contribution is 0.0996. The Labute approximate surface area is 65.0 Å². The van der Waals surface area contributed by atoms with Gasteiger partial charge in [0, 0.05) is 0 Å². The molecule has 0 aromatic heterocycles. The Kier molecular flexibility index (Phi) is 2.07. The maximum atomic E-state index is 2.41. The van der Waals surface area contributed by atoms with Crippen LogP contribution in [0.2, 0.25) is 0 Å². The quantitative estimate of drug-likeness (QED) is 0.483. The molecule has 0 nitrogen and oxygen atoms in total. The summed E-state index contributed by atoms with van der Waals surface area (Å²) in [7, 11) is 0. The lowest BCUT2D eigenvalue weighted by Crippen LogP contribution is -2.31. The van der Waals surface area contributed by atoms with Crippen LogP contribution >= 0.6 is 0 Å². The van der Waals surface area contributed by atoms with Crippen molar-refractivity contribution < 1.29 is 0 Å². The van der Waals surface area contributed by atoms with Crippen LogP contribution in [-0.4, -0.2) is 0 Å². The maximum absolute atomic E-state index is 2.41. The van der Waals surface area contributed by atoms with Crippen molar-refractivity contribution in [3.8, 4) is 0 Å². The molecule has 10 heavy (non-hydrogen) atoms. The van der Waals surface area contributed by atoms with Gasteiger partial charge in [-0.1, -0.05) is 40.5 Å². The zero-order valence-corrected chi connectivity index (χ0v) is 7.78. The predicted octanol–water partition coefficient (Wildman–Crippen LogP) is 3.47. The van der Waals surface area contributed by atoms with E-state index in [2.05, 4.69) is 27.7 Å². The minimum Gasteiger partial charge on any atom is -0.0622 e. The second-order valence-corrected chi connectivity index (χ2v) is 4.65. The highest BCUT2D eigenvalue weighted by Crippen LogP contribution is 2.43. The van der Waals surface area contributed by atoms with E-state index in [1.807, 2.05) is 0 Å². The predicted molar refractivity (Wildman–Crippen MR) is 46.0 cm³/mol. The molecule has 0 aliphatic heterocycles. The standard InChI is InChI=1S/C10H20/c1-8-6-5-7-10(3,4)9(8)2/h8-9H,5-7H2,1-4H3. The highest BCUT2D eigenvalue weighted by Gasteiger charge is 2.32. The van der Waals surface area contributed by atoms with E-state index in [0.29, 0.717) is 5.41 Å². The van der Waals surface area contributed by atoms with Gasteiger partial charge in [0.05, 0.1) is 0 Å². The minimum absolute atomic E-state index is 0.609. The Morgan fingerprint density at radius 3 is 2.20 bits per heavy atom. The van der Waals surface area contributed by atoms with Gasteiger partial charge in [-0.15, -0.1) is 0 Å². The fourth-order valence-electron chi connectivity index (χ4n) is 2.13. The maximum Gasteiger partial charge on any atom is -0.0326 e. The molecule has 1 aliphatic rings. The van der Waals surface area contributed by atoms with Crippen LogP contribution in [0, 0.1) is 17.3 Å². The molecular weight excluding hydrogens is 120 g/mol. The molecule has 0 aromatic carbocycles. The highest BCUT2D eigenvalue weighted by molar-refractivity contribution is 4.83. The fraction of sp³-hybridized carbons (Fsp3) is 1.00. The van der Waals surface area contributed by atoms with Gasteiger partial charge in [-0.3, -0.25) is 0 Å². The van der Waals surface area contributed by atoms with Crippen molar-refractivity contribution in [2.45, 2.75) is 47.0 Å². The minimum atomic E-state index is 0.609. The second kappa shape index (κ2) is 2.56. The first-order chi connectivity index (χ1) is 4.54. The lowest BCUT2D eigenvalue weighted by atomic mass is 9.65. The molecule has 0 amide bonds. The first kappa shape index (κ1) is 8.10. The molecule has 0 N–H and O–H groups in total. The van der Waals surface area contributed by atoms with Gasteiger partial charge in [0.2, 0.25) is 0 Å². The van der Waals surface area contributed by atoms with Gasteiger partial charge in [-0.05, 0) is 23.7 Å². The van der Waals surface area contributed by atoms with Crippen molar-refractivity contribution in [1.29, 1.82) is 0 Å². The number of rotatable bonds is 0. The largest absolute Gasteiger partial charge is 0.0622 e. The van der Waals surface area contributed by atoms with E-state index >= 15 is 0 Å². The summed E-state index contributed by atoms with van der Waals surface area (Å²) in [4.78, 5) is 0. The summed E-state index contributed by atoms with van der Waals surface area (Å²) >= 11 is 0. The van der Waals surface area contributed by atoms with Crippen LogP contribution in [0.3, 0.4) is 0 Å². The van der Waals surface area contributed by atoms with Gasteiger partial charge >= 0.3 is 0 Å². The second-order valence-electron chi connectivity index (χ2n) is 4.65. The molecule has 0 radical (unpaired) electrons. The molecular formula is C10H20. The normalized spacial score (nSPS) is 39.6. The Balaban J connectivity index is 2.60. The Morgan fingerprint density at radius 2 is 1.80 bits per heavy atom. The molecule has 0 heterocycles. The molecule has 0 bridgehead atoms. The van der Waals surface area contributed by atoms with Crippen LogP contribution < -0.4 is 0 Å². The van der Waals surface area contributed by atoms with Crippen molar-refractivity contribution in [1.82, 2.24) is 0 Å². The van der Waals surface area contributed by atoms with Gasteiger partial charge in [0.1, 0.15) is 0 Å². The zero-order valence-electron chi connectivity index (χ0n) is 7.78. The average molecular weight is 140 g/mol. The van der Waals surface area contributed by atoms with Crippen LogP contribution in [0.1, 0.15) is 47.0 Å². The van der Waals surface area contributed by atoms with E-state index in [0.717, 1.165) is 11.8 Å². The van der Waals surface area contributed by atoms with Gasteiger partial charge in [0.15, 0.2) is 0 Å². The van der Waals surface area contributed by atoms with Crippen molar-refractivity contribution >= 4 is 0 Å². The molecule has 0 aromatic rings. The van der Waals surface area contributed by atoms with Crippen LogP contribution in [-0.2, 0) is 0 Å². The summed E-state index contributed by atoms with van der Waals surface area (Å²) in [6.45, 7) is 9.62. The summed E-state index contributed by atoms with van der Waals surface area (Å²) in [6.07, 6.45) is 4.32. The summed E-state index contributed by atoms with van der Waals surface area (Å²) in [5.74, 6) is 1.87. The van der Waals surface area contributed by atoms with Gasteiger partial charge < -0.3 is 0 Å². The van der Waals surface area contributed by atoms with E-state index in [4.69, 9.17) is 0 Å². The van der Waals surface area contributed by atoms with E-state index in [9.17, 15) is 0 Å².